The highest BCUT2D eigenvalue weighted by Gasteiger charge is 2.28. The Hall–Kier alpha value is -3.81. The molecule has 5 rings (SSSR count). The Labute approximate surface area is 189 Å². The Morgan fingerprint density at radius 3 is 2.73 bits per heavy atom. The van der Waals surface area contributed by atoms with Crippen molar-refractivity contribution in [1.29, 1.82) is 0 Å². The minimum Gasteiger partial charge on any atom is -0.305 e. The number of anilines is 1. The number of hydrogen-bond donors (Lipinski definition) is 1. The molecule has 0 bridgehead atoms. The third kappa shape index (κ3) is 3.82. The van der Waals surface area contributed by atoms with E-state index in [0.717, 1.165) is 65.5 Å². The molecule has 2 aromatic carbocycles. The van der Waals surface area contributed by atoms with Gasteiger partial charge in [0, 0.05) is 22.4 Å². The standard InChI is InChI=1S/C25H23F2N5O/c1-15-6-3-4-8-21(15)32-22-9-5-7-19(22)23(30-32)25(33)29-24-16(2)13-28-31(24)14-17-12-18(26)10-11-20(17)27/h3-4,6,8,10-13H,5,7,9,14H2,1-2H3,(H,29,33). The lowest BCUT2D eigenvalue weighted by molar-refractivity contribution is 0.102. The summed E-state index contributed by atoms with van der Waals surface area (Å²) in [4.78, 5) is 13.3. The van der Waals surface area contributed by atoms with Gasteiger partial charge in [0.05, 0.1) is 18.4 Å². The first-order chi connectivity index (χ1) is 15.9. The number of hydrogen-bond acceptors (Lipinski definition) is 3. The summed E-state index contributed by atoms with van der Waals surface area (Å²) in [7, 11) is 0. The molecule has 6 nitrogen and oxygen atoms in total. The fourth-order valence-corrected chi connectivity index (χ4v) is 4.37. The van der Waals surface area contributed by atoms with Crippen LogP contribution in [0.3, 0.4) is 0 Å². The van der Waals surface area contributed by atoms with Crippen LogP contribution in [-0.2, 0) is 19.4 Å². The second-order valence-corrected chi connectivity index (χ2v) is 8.35. The normalized spacial score (nSPS) is 12.7. The van der Waals surface area contributed by atoms with Gasteiger partial charge in [-0.25, -0.2) is 18.1 Å². The first-order valence-corrected chi connectivity index (χ1v) is 10.9. The molecule has 0 aliphatic heterocycles. The van der Waals surface area contributed by atoms with Crippen LogP contribution in [0.15, 0.2) is 48.7 Å². The Kier molecular flexibility index (Phi) is 5.28. The smallest absolute Gasteiger partial charge is 0.277 e. The zero-order valence-electron chi connectivity index (χ0n) is 18.4. The zero-order chi connectivity index (χ0) is 23.1. The Bertz CT molecular complexity index is 1370. The van der Waals surface area contributed by atoms with Gasteiger partial charge in [0.1, 0.15) is 17.5 Å². The second kappa shape index (κ2) is 8.27. The fourth-order valence-electron chi connectivity index (χ4n) is 4.37. The lowest BCUT2D eigenvalue weighted by Crippen LogP contribution is -2.19. The number of rotatable bonds is 5. The van der Waals surface area contributed by atoms with E-state index in [4.69, 9.17) is 0 Å². The molecule has 1 amide bonds. The van der Waals surface area contributed by atoms with Crippen LogP contribution < -0.4 is 5.32 Å². The maximum atomic E-state index is 14.2. The van der Waals surface area contributed by atoms with Crippen LogP contribution in [0, 0.1) is 25.5 Å². The first-order valence-electron chi connectivity index (χ1n) is 10.9. The molecule has 0 saturated heterocycles. The minimum atomic E-state index is -0.531. The molecule has 0 unspecified atom stereocenters. The minimum absolute atomic E-state index is 0.0111. The van der Waals surface area contributed by atoms with E-state index in [0.29, 0.717) is 11.5 Å². The van der Waals surface area contributed by atoms with Crippen molar-refractivity contribution in [3.05, 3.63) is 93.9 Å². The molecule has 2 aromatic heterocycles. The van der Waals surface area contributed by atoms with Crippen molar-refractivity contribution in [2.24, 2.45) is 0 Å². The molecule has 8 heteroatoms. The van der Waals surface area contributed by atoms with Gasteiger partial charge in [-0.2, -0.15) is 10.2 Å². The highest BCUT2D eigenvalue weighted by atomic mass is 19.1. The van der Waals surface area contributed by atoms with Crippen LogP contribution in [0.2, 0.25) is 0 Å². The maximum absolute atomic E-state index is 14.2. The van der Waals surface area contributed by atoms with E-state index < -0.39 is 11.6 Å². The molecular weight excluding hydrogens is 424 g/mol. The Balaban J connectivity index is 1.47. The quantitative estimate of drug-likeness (QED) is 0.480. The molecule has 0 atom stereocenters. The van der Waals surface area contributed by atoms with Gasteiger partial charge < -0.3 is 5.32 Å². The maximum Gasteiger partial charge on any atom is 0.277 e. The average molecular weight is 447 g/mol. The third-order valence-electron chi connectivity index (χ3n) is 6.07. The monoisotopic (exact) mass is 447 g/mol. The van der Waals surface area contributed by atoms with Crippen LogP contribution in [0.4, 0.5) is 14.6 Å². The van der Waals surface area contributed by atoms with E-state index in [1.54, 1.807) is 13.1 Å². The number of nitrogens with one attached hydrogen (secondary N) is 1. The van der Waals surface area contributed by atoms with E-state index >= 15 is 0 Å². The fraction of sp³-hybridized carbons (Fsp3) is 0.240. The average Bonchev–Trinajstić information content (AvgIpc) is 3.49. The summed E-state index contributed by atoms with van der Waals surface area (Å²) >= 11 is 0. The molecule has 2 heterocycles. The number of halogens is 2. The van der Waals surface area contributed by atoms with Gasteiger partial charge in [-0.3, -0.25) is 4.79 Å². The van der Waals surface area contributed by atoms with Gasteiger partial charge in [0.25, 0.3) is 5.91 Å². The van der Waals surface area contributed by atoms with Crippen molar-refractivity contribution >= 4 is 11.7 Å². The number of nitrogens with zero attached hydrogens (tertiary/aromatic N) is 4. The molecule has 0 saturated carbocycles. The number of amides is 1. The largest absolute Gasteiger partial charge is 0.305 e. The summed E-state index contributed by atoms with van der Waals surface area (Å²) in [5, 5.41) is 11.8. The third-order valence-corrected chi connectivity index (χ3v) is 6.07. The van der Waals surface area contributed by atoms with Gasteiger partial charge in [0.15, 0.2) is 5.69 Å². The summed E-state index contributed by atoms with van der Waals surface area (Å²) in [5.41, 5.74) is 5.30. The van der Waals surface area contributed by atoms with Gasteiger partial charge in [-0.1, -0.05) is 18.2 Å². The van der Waals surface area contributed by atoms with Crippen molar-refractivity contribution in [1.82, 2.24) is 19.6 Å². The van der Waals surface area contributed by atoms with E-state index in [1.165, 1.54) is 4.68 Å². The van der Waals surface area contributed by atoms with Gasteiger partial charge in [0.2, 0.25) is 0 Å². The Morgan fingerprint density at radius 1 is 1.09 bits per heavy atom. The van der Waals surface area contributed by atoms with Crippen LogP contribution in [-0.4, -0.2) is 25.5 Å². The molecule has 1 aliphatic carbocycles. The molecule has 0 spiro atoms. The topological polar surface area (TPSA) is 64.7 Å². The van der Waals surface area contributed by atoms with Gasteiger partial charge >= 0.3 is 0 Å². The van der Waals surface area contributed by atoms with Crippen LogP contribution >= 0.6 is 0 Å². The van der Waals surface area contributed by atoms with E-state index in [9.17, 15) is 13.6 Å². The number of para-hydroxylation sites is 1. The molecule has 1 aliphatic rings. The lowest BCUT2D eigenvalue weighted by Gasteiger charge is -2.11. The molecule has 0 fully saturated rings. The predicted octanol–water partition coefficient (Wildman–Crippen LogP) is 4.75. The first kappa shape index (κ1) is 21.1. The van der Waals surface area contributed by atoms with E-state index in [2.05, 4.69) is 15.5 Å². The van der Waals surface area contributed by atoms with E-state index in [-0.39, 0.29) is 18.0 Å². The van der Waals surface area contributed by atoms with Crippen LogP contribution in [0.25, 0.3) is 5.69 Å². The second-order valence-electron chi connectivity index (χ2n) is 8.35. The summed E-state index contributed by atoms with van der Waals surface area (Å²) in [6.45, 7) is 3.81. The number of carbonyl (C=O) groups is 1. The molecular formula is C25H23F2N5O. The van der Waals surface area contributed by atoms with E-state index in [1.807, 2.05) is 35.9 Å². The SMILES string of the molecule is Cc1ccccc1-n1nc(C(=O)Nc2c(C)cnn2Cc2cc(F)ccc2F)c2c1CCC2. The highest BCUT2D eigenvalue weighted by Crippen LogP contribution is 2.29. The zero-order valence-corrected chi connectivity index (χ0v) is 18.4. The van der Waals surface area contributed by atoms with Crippen molar-refractivity contribution in [2.75, 3.05) is 5.32 Å². The Morgan fingerprint density at radius 2 is 1.91 bits per heavy atom. The molecule has 4 aromatic rings. The van der Waals surface area contributed by atoms with Crippen LogP contribution in [0.5, 0.6) is 0 Å². The van der Waals surface area contributed by atoms with Crippen molar-refractivity contribution in [2.45, 2.75) is 39.7 Å². The summed E-state index contributed by atoms with van der Waals surface area (Å²) in [6.07, 6.45) is 4.20. The van der Waals surface area contributed by atoms with Crippen molar-refractivity contribution in [3.63, 3.8) is 0 Å². The lowest BCUT2D eigenvalue weighted by atomic mass is 10.1. The van der Waals surface area contributed by atoms with Gasteiger partial charge in [-0.05, 0) is 62.9 Å². The molecule has 33 heavy (non-hydrogen) atoms. The molecule has 1 N–H and O–H groups in total. The predicted molar refractivity (Wildman–Crippen MR) is 121 cm³/mol. The van der Waals surface area contributed by atoms with Gasteiger partial charge in [-0.15, -0.1) is 0 Å². The number of benzene rings is 2. The van der Waals surface area contributed by atoms with Crippen molar-refractivity contribution in [3.8, 4) is 5.69 Å². The van der Waals surface area contributed by atoms with Crippen LogP contribution in [0.1, 0.15) is 44.9 Å². The number of aromatic nitrogens is 4. The highest BCUT2D eigenvalue weighted by molar-refractivity contribution is 6.04. The summed E-state index contributed by atoms with van der Waals surface area (Å²) in [6, 6.07) is 11.2. The summed E-state index contributed by atoms with van der Waals surface area (Å²) < 4.78 is 31.1. The number of carbonyl (C=O) groups excluding carboxylic acids is 1. The number of aryl methyl sites for hydroxylation is 2. The number of fused-ring (bicyclic) bond motifs is 1. The summed E-state index contributed by atoms with van der Waals surface area (Å²) in [5.74, 6) is -0.972. The van der Waals surface area contributed by atoms with Crippen molar-refractivity contribution < 1.29 is 13.6 Å². The molecule has 168 valence electrons. The molecule has 0 radical (unpaired) electrons.